The Morgan fingerprint density at radius 1 is 0.903 bits per heavy atom. The van der Waals surface area contributed by atoms with Crippen molar-refractivity contribution < 1.29 is 14.3 Å². The van der Waals surface area contributed by atoms with Crippen molar-refractivity contribution in [1.82, 2.24) is 14.9 Å². The Bertz CT molecular complexity index is 759. The first kappa shape index (κ1) is 21.8. The number of hydrogen-bond acceptors (Lipinski definition) is 7. The van der Waals surface area contributed by atoms with Crippen LogP contribution in [0.2, 0.25) is 0 Å². The summed E-state index contributed by atoms with van der Waals surface area (Å²) in [5.74, 6) is 1.86. The molecule has 3 aliphatic heterocycles. The summed E-state index contributed by atoms with van der Waals surface area (Å²) in [5, 5.41) is 0. The summed E-state index contributed by atoms with van der Waals surface area (Å²) in [4.78, 5) is 40.7. The molecule has 0 aliphatic carbocycles. The Hall–Kier alpha value is -2.38. The predicted molar refractivity (Wildman–Crippen MR) is 119 cm³/mol. The molecule has 1 aromatic heterocycles. The number of carbonyl (C=O) groups excluding carboxylic acids is 2. The van der Waals surface area contributed by atoms with Gasteiger partial charge in [-0.15, -0.1) is 0 Å². The minimum atomic E-state index is -0.174. The van der Waals surface area contributed by atoms with Gasteiger partial charge in [0.1, 0.15) is 18.0 Å². The fourth-order valence-electron chi connectivity index (χ4n) is 5.05. The molecular formula is C23H35N5O3. The fraction of sp³-hybridized carbons (Fsp3) is 0.739. The van der Waals surface area contributed by atoms with Gasteiger partial charge in [0.25, 0.3) is 0 Å². The van der Waals surface area contributed by atoms with E-state index in [4.69, 9.17) is 4.74 Å². The van der Waals surface area contributed by atoms with E-state index >= 15 is 0 Å². The van der Waals surface area contributed by atoms with Crippen LogP contribution in [0.4, 0.5) is 11.6 Å². The molecule has 0 spiro atoms. The molecule has 0 saturated carbocycles. The maximum Gasteiger partial charge on any atom is 0.310 e. The summed E-state index contributed by atoms with van der Waals surface area (Å²) in [6, 6.07) is 2.10. The average molecular weight is 430 g/mol. The van der Waals surface area contributed by atoms with Gasteiger partial charge in [0.15, 0.2) is 0 Å². The molecule has 8 nitrogen and oxygen atoms in total. The van der Waals surface area contributed by atoms with E-state index in [2.05, 4.69) is 25.8 Å². The summed E-state index contributed by atoms with van der Waals surface area (Å²) in [6.45, 7) is 7.24. The molecule has 0 unspecified atom stereocenters. The highest BCUT2D eigenvalue weighted by molar-refractivity contribution is 5.80. The van der Waals surface area contributed by atoms with Crippen molar-refractivity contribution in [3.05, 3.63) is 12.4 Å². The number of likely N-dealkylation sites (tertiary alicyclic amines) is 1. The minimum absolute atomic E-state index is 0.0283. The van der Waals surface area contributed by atoms with Gasteiger partial charge in [-0.05, 0) is 51.9 Å². The SMILES string of the molecule is CCOC(=O)[C@@H]1CCCN(C(=O)C2CCN(c3cc(N4CCCCC4)ncn3)CC2)C1. The molecule has 4 heterocycles. The highest BCUT2D eigenvalue weighted by Crippen LogP contribution is 2.28. The zero-order chi connectivity index (χ0) is 21.6. The Kier molecular flexibility index (Phi) is 7.25. The van der Waals surface area contributed by atoms with Crippen LogP contribution in [0.1, 0.15) is 51.9 Å². The van der Waals surface area contributed by atoms with Crippen molar-refractivity contribution in [3.8, 4) is 0 Å². The number of ether oxygens (including phenoxy) is 1. The fourth-order valence-corrected chi connectivity index (χ4v) is 5.05. The molecule has 0 bridgehead atoms. The van der Waals surface area contributed by atoms with E-state index in [1.54, 1.807) is 6.33 Å². The first-order valence-electron chi connectivity index (χ1n) is 11.9. The van der Waals surface area contributed by atoms with Crippen molar-refractivity contribution in [2.75, 3.05) is 55.7 Å². The first-order chi connectivity index (χ1) is 15.2. The first-order valence-corrected chi connectivity index (χ1v) is 11.9. The summed E-state index contributed by atoms with van der Waals surface area (Å²) in [5.41, 5.74) is 0. The largest absolute Gasteiger partial charge is 0.466 e. The molecule has 3 saturated heterocycles. The average Bonchev–Trinajstić information content (AvgIpc) is 2.84. The molecule has 4 rings (SSSR count). The lowest BCUT2D eigenvalue weighted by Crippen LogP contribution is -2.47. The number of amides is 1. The van der Waals surface area contributed by atoms with E-state index in [-0.39, 0.29) is 23.7 Å². The Morgan fingerprint density at radius 3 is 2.26 bits per heavy atom. The zero-order valence-corrected chi connectivity index (χ0v) is 18.7. The molecule has 170 valence electrons. The van der Waals surface area contributed by atoms with Crippen LogP contribution < -0.4 is 9.80 Å². The normalized spacial score (nSPS) is 23.0. The number of esters is 1. The molecule has 1 atom stereocenters. The van der Waals surface area contributed by atoms with Gasteiger partial charge in [-0.1, -0.05) is 0 Å². The van der Waals surface area contributed by atoms with Crippen LogP contribution in [0.25, 0.3) is 0 Å². The predicted octanol–water partition coefficient (Wildman–Crippen LogP) is 2.49. The van der Waals surface area contributed by atoms with Crippen LogP contribution in [-0.2, 0) is 14.3 Å². The quantitative estimate of drug-likeness (QED) is 0.666. The summed E-state index contributed by atoms with van der Waals surface area (Å²) in [7, 11) is 0. The number of nitrogens with zero attached hydrogens (tertiary/aromatic N) is 5. The number of carbonyl (C=O) groups is 2. The second-order valence-corrected chi connectivity index (χ2v) is 8.92. The molecular weight excluding hydrogens is 394 g/mol. The van der Waals surface area contributed by atoms with Crippen LogP contribution in [0.15, 0.2) is 12.4 Å². The van der Waals surface area contributed by atoms with Crippen LogP contribution in [0, 0.1) is 11.8 Å². The molecule has 0 aromatic carbocycles. The lowest BCUT2D eigenvalue weighted by atomic mass is 9.92. The maximum absolute atomic E-state index is 13.1. The van der Waals surface area contributed by atoms with Gasteiger partial charge in [0.05, 0.1) is 12.5 Å². The minimum Gasteiger partial charge on any atom is -0.466 e. The van der Waals surface area contributed by atoms with Gasteiger partial charge in [-0.25, -0.2) is 9.97 Å². The molecule has 3 fully saturated rings. The smallest absolute Gasteiger partial charge is 0.310 e. The van der Waals surface area contributed by atoms with Crippen molar-refractivity contribution >= 4 is 23.5 Å². The Balaban J connectivity index is 1.31. The topological polar surface area (TPSA) is 78.9 Å². The zero-order valence-electron chi connectivity index (χ0n) is 18.7. The second-order valence-electron chi connectivity index (χ2n) is 8.92. The summed E-state index contributed by atoms with van der Waals surface area (Å²) in [6.07, 6.45) is 8.74. The van der Waals surface area contributed by atoms with Crippen molar-refractivity contribution in [2.45, 2.75) is 51.9 Å². The lowest BCUT2D eigenvalue weighted by molar-refractivity contribution is -0.152. The van der Waals surface area contributed by atoms with E-state index in [0.717, 1.165) is 70.0 Å². The Labute approximate surface area is 185 Å². The highest BCUT2D eigenvalue weighted by Gasteiger charge is 2.34. The van der Waals surface area contributed by atoms with Crippen LogP contribution in [0.5, 0.6) is 0 Å². The van der Waals surface area contributed by atoms with Gasteiger partial charge in [0, 0.05) is 51.3 Å². The van der Waals surface area contributed by atoms with Crippen molar-refractivity contribution in [2.24, 2.45) is 11.8 Å². The number of aromatic nitrogens is 2. The van der Waals surface area contributed by atoms with Crippen LogP contribution in [0.3, 0.4) is 0 Å². The molecule has 0 radical (unpaired) electrons. The number of piperidine rings is 3. The third kappa shape index (κ3) is 5.28. The molecule has 0 N–H and O–H groups in total. The van der Waals surface area contributed by atoms with Gasteiger partial charge < -0.3 is 19.4 Å². The molecule has 1 amide bonds. The summed E-state index contributed by atoms with van der Waals surface area (Å²) >= 11 is 0. The third-order valence-corrected chi connectivity index (χ3v) is 6.84. The van der Waals surface area contributed by atoms with Gasteiger partial charge in [-0.2, -0.15) is 0 Å². The molecule has 3 aliphatic rings. The molecule has 31 heavy (non-hydrogen) atoms. The van der Waals surface area contributed by atoms with E-state index in [9.17, 15) is 9.59 Å². The molecule has 1 aromatic rings. The van der Waals surface area contributed by atoms with Gasteiger partial charge >= 0.3 is 5.97 Å². The van der Waals surface area contributed by atoms with E-state index in [0.29, 0.717) is 13.2 Å². The monoisotopic (exact) mass is 429 g/mol. The molecule has 8 heteroatoms. The van der Waals surface area contributed by atoms with Crippen molar-refractivity contribution in [1.29, 1.82) is 0 Å². The third-order valence-electron chi connectivity index (χ3n) is 6.84. The van der Waals surface area contributed by atoms with E-state index < -0.39 is 0 Å². The maximum atomic E-state index is 13.1. The Morgan fingerprint density at radius 2 is 1.58 bits per heavy atom. The summed E-state index contributed by atoms with van der Waals surface area (Å²) < 4.78 is 5.17. The van der Waals surface area contributed by atoms with Crippen molar-refractivity contribution in [3.63, 3.8) is 0 Å². The second kappa shape index (κ2) is 10.3. The number of hydrogen-bond donors (Lipinski definition) is 0. The lowest BCUT2D eigenvalue weighted by Gasteiger charge is -2.37. The van der Waals surface area contributed by atoms with Gasteiger partial charge in [-0.3, -0.25) is 9.59 Å². The van der Waals surface area contributed by atoms with E-state index in [1.807, 2.05) is 11.8 Å². The van der Waals surface area contributed by atoms with Crippen LogP contribution >= 0.6 is 0 Å². The number of rotatable bonds is 5. The standard InChI is InChI=1S/C23H35N5O3/c1-2-31-23(30)19-7-6-12-28(16-19)22(29)18-8-13-27(14-9-18)21-15-20(24-17-25-21)26-10-4-3-5-11-26/h15,17-19H,2-14,16H2,1H3/t19-/m1/s1. The van der Waals surface area contributed by atoms with Crippen LogP contribution in [-0.4, -0.2) is 72.6 Å². The van der Waals surface area contributed by atoms with E-state index in [1.165, 1.54) is 19.3 Å². The van der Waals surface area contributed by atoms with Gasteiger partial charge in [0.2, 0.25) is 5.91 Å². The highest BCUT2D eigenvalue weighted by atomic mass is 16.5. The number of anilines is 2.